The van der Waals surface area contributed by atoms with Crippen molar-refractivity contribution in [2.75, 3.05) is 10.5 Å². The number of thioether (sulfide) groups is 1. The molecule has 0 radical (unpaired) electrons. The van der Waals surface area contributed by atoms with Crippen LogP contribution in [0.2, 0.25) is 0 Å². The van der Waals surface area contributed by atoms with Crippen molar-refractivity contribution in [3.05, 3.63) is 120 Å². The number of nitrogens with zero attached hydrogens (tertiary/aromatic N) is 1. The highest BCUT2D eigenvalue weighted by atomic mass is 32.2. The van der Waals surface area contributed by atoms with Crippen molar-refractivity contribution in [3.8, 4) is 0 Å². The van der Waals surface area contributed by atoms with Gasteiger partial charge in [0, 0.05) is 0 Å². The molecule has 0 aliphatic rings. The number of anilines is 1. The third-order valence-electron chi connectivity index (χ3n) is 5.57. The number of hydrogen-bond acceptors (Lipinski definition) is 6. The van der Waals surface area contributed by atoms with Crippen LogP contribution in [0.1, 0.15) is 17.2 Å². The van der Waals surface area contributed by atoms with Crippen LogP contribution in [0.5, 0.6) is 0 Å². The SMILES string of the molecule is O=C(CSc1nc2ccc(NS(=O)(=O)c3ccccc3)cc2s1)NC(c1ccccc1)c1ccccc1. The van der Waals surface area contributed by atoms with Crippen molar-refractivity contribution in [1.29, 1.82) is 0 Å². The summed E-state index contributed by atoms with van der Waals surface area (Å²) >= 11 is 2.78. The van der Waals surface area contributed by atoms with Crippen molar-refractivity contribution in [1.82, 2.24) is 10.3 Å². The topological polar surface area (TPSA) is 88.2 Å². The van der Waals surface area contributed by atoms with E-state index in [1.807, 2.05) is 60.7 Å². The lowest BCUT2D eigenvalue weighted by atomic mass is 9.99. The van der Waals surface area contributed by atoms with Gasteiger partial charge in [-0.25, -0.2) is 13.4 Å². The average molecular weight is 546 g/mol. The Kier molecular flexibility index (Phi) is 7.55. The molecule has 0 atom stereocenters. The Morgan fingerprint density at radius 1 is 0.838 bits per heavy atom. The minimum atomic E-state index is -3.68. The monoisotopic (exact) mass is 545 g/mol. The third kappa shape index (κ3) is 6.19. The molecule has 186 valence electrons. The Morgan fingerprint density at radius 3 is 2.05 bits per heavy atom. The molecule has 37 heavy (non-hydrogen) atoms. The number of amides is 1. The van der Waals surface area contributed by atoms with Crippen LogP contribution in [-0.2, 0) is 14.8 Å². The Bertz CT molecular complexity index is 1570. The lowest BCUT2D eigenvalue weighted by Crippen LogP contribution is -2.30. The molecule has 0 spiro atoms. The zero-order valence-corrected chi connectivity index (χ0v) is 22.0. The fourth-order valence-corrected chi connectivity index (χ4v) is 6.81. The number of fused-ring (bicyclic) bond motifs is 1. The van der Waals surface area contributed by atoms with Crippen LogP contribution < -0.4 is 10.0 Å². The maximum Gasteiger partial charge on any atom is 0.261 e. The normalized spacial score (nSPS) is 11.5. The van der Waals surface area contributed by atoms with Gasteiger partial charge in [0.15, 0.2) is 4.34 Å². The standard InChI is InChI=1S/C28H23N3O3S3/c32-26(30-27(20-10-4-1-5-11-20)21-12-6-2-7-13-21)19-35-28-29-24-17-16-22(18-25(24)36-28)31-37(33,34)23-14-8-3-9-15-23/h1-18,27,31H,19H2,(H,30,32). The summed E-state index contributed by atoms with van der Waals surface area (Å²) in [5, 5.41) is 3.14. The number of rotatable bonds is 9. The first-order chi connectivity index (χ1) is 18.0. The number of aromatic nitrogens is 1. The summed E-state index contributed by atoms with van der Waals surface area (Å²) in [4.78, 5) is 17.7. The van der Waals surface area contributed by atoms with Gasteiger partial charge in [0.05, 0.1) is 32.6 Å². The molecule has 1 heterocycles. The molecule has 2 N–H and O–H groups in total. The summed E-state index contributed by atoms with van der Waals surface area (Å²) in [6, 6.07) is 33.0. The molecule has 0 bridgehead atoms. The Balaban J connectivity index is 1.26. The summed E-state index contributed by atoms with van der Waals surface area (Å²) in [6.07, 6.45) is 0. The van der Waals surface area contributed by atoms with Gasteiger partial charge in [0.25, 0.3) is 10.0 Å². The predicted octanol–water partition coefficient (Wildman–Crippen LogP) is 6.10. The van der Waals surface area contributed by atoms with Gasteiger partial charge >= 0.3 is 0 Å². The first kappa shape index (κ1) is 25.0. The van der Waals surface area contributed by atoms with Crippen LogP contribution in [-0.4, -0.2) is 25.1 Å². The molecule has 0 unspecified atom stereocenters. The van der Waals surface area contributed by atoms with E-state index in [0.717, 1.165) is 25.7 Å². The maximum absolute atomic E-state index is 12.9. The van der Waals surface area contributed by atoms with Crippen LogP contribution in [0.25, 0.3) is 10.2 Å². The van der Waals surface area contributed by atoms with E-state index in [9.17, 15) is 13.2 Å². The summed E-state index contributed by atoms with van der Waals surface area (Å²) in [5.41, 5.74) is 3.24. The zero-order chi connectivity index (χ0) is 25.7. The number of benzene rings is 4. The number of sulfonamides is 1. The molecule has 1 aromatic heterocycles. The number of carbonyl (C=O) groups excluding carboxylic acids is 1. The molecule has 5 aromatic rings. The summed E-state index contributed by atoms with van der Waals surface area (Å²) in [5.74, 6) is 0.113. The highest BCUT2D eigenvalue weighted by Gasteiger charge is 2.18. The van der Waals surface area contributed by atoms with Crippen molar-refractivity contribution in [3.63, 3.8) is 0 Å². The molecule has 9 heteroatoms. The Hall–Kier alpha value is -3.66. The largest absolute Gasteiger partial charge is 0.344 e. The summed E-state index contributed by atoms with van der Waals surface area (Å²) < 4.78 is 29.5. The highest BCUT2D eigenvalue weighted by Crippen LogP contribution is 2.32. The molecular weight excluding hydrogens is 523 g/mol. The third-order valence-corrected chi connectivity index (χ3v) is 9.13. The van der Waals surface area contributed by atoms with Crippen molar-refractivity contribution in [2.45, 2.75) is 15.3 Å². The van der Waals surface area contributed by atoms with Gasteiger partial charge in [-0.05, 0) is 41.5 Å². The van der Waals surface area contributed by atoms with Gasteiger partial charge in [-0.15, -0.1) is 11.3 Å². The second-order valence-corrected chi connectivity index (χ2v) is 12.1. The van der Waals surface area contributed by atoms with Gasteiger partial charge in [-0.1, -0.05) is 90.6 Å². The van der Waals surface area contributed by atoms with Crippen LogP contribution in [0, 0.1) is 0 Å². The van der Waals surface area contributed by atoms with Gasteiger partial charge < -0.3 is 5.32 Å². The zero-order valence-electron chi connectivity index (χ0n) is 19.6. The smallest absolute Gasteiger partial charge is 0.261 e. The molecule has 6 nitrogen and oxygen atoms in total. The van der Waals surface area contributed by atoms with Gasteiger partial charge in [0.1, 0.15) is 0 Å². The summed E-state index contributed by atoms with van der Waals surface area (Å²) in [7, 11) is -3.68. The molecule has 0 aliphatic heterocycles. The van der Waals surface area contributed by atoms with Crippen molar-refractivity contribution in [2.24, 2.45) is 0 Å². The minimum absolute atomic E-state index is 0.0988. The van der Waals surface area contributed by atoms with E-state index in [1.54, 1.807) is 48.5 Å². The second-order valence-electron chi connectivity index (χ2n) is 8.19. The molecule has 0 saturated carbocycles. The van der Waals surface area contributed by atoms with Crippen LogP contribution in [0.3, 0.4) is 0 Å². The maximum atomic E-state index is 12.9. The number of carbonyl (C=O) groups is 1. The number of thiazole rings is 1. The molecule has 4 aromatic carbocycles. The van der Waals surface area contributed by atoms with E-state index in [1.165, 1.54) is 23.1 Å². The number of hydrogen-bond donors (Lipinski definition) is 2. The van der Waals surface area contributed by atoms with E-state index in [-0.39, 0.29) is 22.6 Å². The van der Waals surface area contributed by atoms with E-state index in [4.69, 9.17) is 0 Å². The van der Waals surface area contributed by atoms with Crippen molar-refractivity contribution >= 4 is 54.9 Å². The lowest BCUT2D eigenvalue weighted by molar-refractivity contribution is -0.119. The van der Waals surface area contributed by atoms with E-state index < -0.39 is 10.0 Å². The quantitative estimate of drug-likeness (QED) is 0.219. The fraction of sp³-hybridized carbons (Fsp3) is 0.0714. The first-order valence-electron chi connectivity index (χ1n) is 11.5. The molecule has 0 aliphatic carbocycles. The van der Waals surface area contributed by atoms with Crippen LogP contribution in [0.15, 0.2) is 118 Å². The minimum Gasteiger partial charge on any atom is -0.344 e. The molecule has 1 amide bonds. The van der Waals surface area contributed by atoms with Gasteiger partial charge in [0.2, 0.25) is 5.91 Å². The Morgan fingerprint density at radius 2 is 1.43 bits per heavy atom. The number of nitrogens with one attached hydrogen (secondary N) is 2. The van der Waals surface area contributed by atoms with E-state index in [0.29, 0.717) is 5.69 Å². The van der Waals surface area contributed by atoms with Crippen LogP contribution in [0.4, 0.5) is 5.69 Å². The first-order valence-corrected chi connectivity index (χ1v) is 14.8. The molecule has 0 saturated heterocycles. The Labute approximate surface area is 223 Å². The molecular formula is C28H23N3O3S3. The fourth-order valence-electron chi connectivity index (χ4n) is 3.82. The van der Waals surface area contributed by atoms with Gasteiger partial charge in [-0.3, -0.25) is 9.52 Å². The summed E-state index contributed by atoms with van der Waals surface area (Å²) in [6.45, 7) is 0. The molecule has 5 rings (SSSR count). The van der Waals surface area contributed by atoms with Gasteiger partial charge in [-0.2, -0.15) is 0 Å². The predicted molar refractivity (Wildman–Crippen MR) is 150 cm³/mol. The van der Waals surface area contributed by atoms with Crippen LogP contribution >= 0.6 is 23.1 Å². The highest BCUT2D eigenvalue weighted by molar-refractivity contribution is 8.01. The lowest BCUT2D eigenvalue weighted by Gasteiger charge is -2.19. The molecule has 0 fully saturated rings. The second kappa shape index (κ2) is 11.2. The average Bonchev–Trinajstić information content (AvgIpc) is 3.34. The van der Waals surface area contributed by atoms with Crippen molar-refractivity contribution < 1.29 is 13.2 Å². The van der Waals surface area contributed by atoms with E-state index in [2.05, 4.69) is 15.0 Å². The van der Waals surface area contributed by atoms with E-state index >= 15 is 0 Å².